The van der Waals surface area contributed by atoms with Crippen molar-refractivity contribution in [2.24, 2.45) is 0 Å². The molecule has 0 bridgehead atoms. The Morgan fingerprint density at radius 1 is 1.56 bits per heavy atom. The molecule has 0 aliphatic carbocycles. The van der Waals surface area contributed by atoms with Crippen LogP contribution in [0.15, 0.2) is 11.7 Å². The molecule has 0 amide bonds. The normalized spacial score (nSPS) is 10.3. The number of carboxylic acid groups (broad SMARTS) is 1. The van der Waals surface area contributed by atoms with E-state index in [0.717, 1.165) is 9.88 Å². The van der Waals surface area contributed by atoms with Gasteiger partial charge in [-0.15, -0.1) is 22.7 Å². The van der Waals surface area contributed by atoms with Crippen molar-refractivity contribution in [2.45, 2.75) is 13.5 Å². The summed E-state index contributed by atoms with van der Waals surface area (Å²) in [7, 11) is 0. The van der Waals surface area contributed by atoms with Crippen molar-refractivity contribution >= 4 is 33.6 Å². The summed E-state index contributed by atoms with van der Waals surface area (Å²) in [6.45, 7) is 2.51. The van der Waals surface area contributed by atoms with Gasteiger partial charge in [-0.3, -0.25) is 0 Å². The minimum Gasteiger partial charge on any atom is -0.476 e. The molecule has 16 heavy (non-hydrogen) atoms. The lowest BCUT2D eigenvalue weighted by atomic mass is 10.4. The van der Waals surface area contributed by atoms with E-state index in [-0.39, 0.29) is 5.69 Å². The molecule has 0 saturated heterocycles. The molecule has 84 valence electrons. The van der Waals surface area contributed by atoms with Crippen LogP contribution in [0.4, 0.5) is 5.00 Å². The maximum atomic E-state index is 10.8. The smallest absolute Gasteiger partial charge is 0.357 e. The second-order valence-electron chi connectivity index (χ2n) is 3.03. The van der Waals surface area contributed by atoms with E-state index in [1.54, 1.807) is 17.5 Å². The molecule has 0 radical (unpaired) electrons. The van der Waals surface area contributed by atoms with Crippen molar-refractivity contribution in [1.29, 1.82) is 0 Å². The topological polar surface area (TPSA) is 75.1 Å². The third kappa shape index (κ3) is 2.37. The van der Waals surface area contributed by atoms with Crippen molar-refractivity contribution in [3.8, 4) is 0 Å². The summed E-state index contributed by atoms with van der Waals surface area (Å²) in [4.78, 5) is 19.8. The van der Waals surface area contributed by atoms with Gasteiger partial charge in [0.25, 0.3) is 0 Å². The predicted octanol–water partition coefficient (Wildman–Crippen LogP) is 2.22. The van der Waals surface area contributed by atoms with Crippen LogP contribution in [-0.4, -0.2) is 21.0 Å². The van der Waals surface area contributed by atoms with E-state index in [0.29, 0.717) is 11.5 Å². The van der Waals surface area contributed by atoms with E-state index in [1.807, 2.05) is 6.92 Å². The third-order valence-corrected chi connectivity index (χ3v) is 3.56. The average molecular weight is 255 g/mol. The number of aromatic carboxylic acids is 1. The lowest BCUT2D eigenvalue weighted by Crippen LogP contribution is -2.03. The van der Waals surface area contributed by atoms with Crippen molar-refractivity contribution < 1.29 is 9.90 Å². The molecule has 2 heterocycles. The van der Waals surface area contributed by atoms with E-state index in [9.17, 15) is 4.79 Å². The van der Waals surface area contributed by atoms with Gasteiger partial charge >= 0.3 is 5.97 Å². The van der Waals surface area contributed by atoms with Crippen LogP contribution in [0.5, 0.6) is 0 Å². The standard InChI is InChI=1S/C9H9N3O2S2/c1-5-10-2-6(16-5)3-11-8-7(9(13)14)12-4-15-8/h2,4,11H,3H2,1H3,(H,13,14). The summed E-state index contributed by atoms with van der Waals surface area (Å²) >= 11 is 2.87. The molecule has 0 spiro atoms. The molecule has 2 rings (SSSR count). The molecule has 0 atom stereocenters. The fourth-order valence-corrected chi connectivity index (χ4v) is 2.58. The molecule has 2 aromatic heterocycles. The molecule has 2 aromatic rings. The fourth-order valence-electron chi connectivity index (χ4n) is 1.18. The number of nitrogens with one attached hydrogen (secondary N) is 1. The SMILES string of the molecule is Cc1ncc(CNc2scnc2C(=O)O)s1. The zero-order valence-electron chi connectivity index (χ0n) is 8.43. The van der Waals surface area contributed by atoms with Gasteiger partial charge in [-0.2, -0.15) is 0 Å². The Hall–Kier alpha value is -1.47. The first-order valence-electron chi connectivity index (χ1n) is 4.49. The van der Waals surface area contributed by atoms with Gasteiger partial charge in [0.1, 0.15) is 5.00 Å². The second-order valence-corrected chi connectivity index (χ2v) is 5.21. The average Bonchev–Trinajstić information content (AvgIpc) is 2.83. The van der Waals surface area contributed by atoms with E-state index in [2.05, 4.69) is 15.3 Å². The van der Waals surface area contributed by atoms with Gasteiger partial charge < -0.3 is 10.4 Å². The van der Waals surface area contributed by atoms with Gasteiger partial charge in [-0.1, -0.05) is 0 Å². The Morgan fingerprint density at radius 2 is 2.38 bits per heavy atom. The number of hydrogen-bond acceptors (Lipinski definition) is 6. The number of carboxylic acids is 1. The molecule has 0 fully saturated rings. The minimum absolute atomic E-state index is 0.0752. The summed E-state index contributed by atoms with van der Waals surface area (Å²) in [5, 5.41) is 13.5. The summed E-state index contributed by atoms with van der Waals surface area (Å²) in [6, 6.07) is 0. The Morgan fingerprint density at radius 3 is 3.00 bits per heavy atom. The molecule has 0 aliphatic heterocycles. The number of anilines is 1. The number of nitrogens with zero attached hydrogens (tertiary/aromatic N) is 2. The number of hydrogen-bond donors (Lipinski definition) is 2. The van der Waals surface area contributed by atoms with Crippen LogP contribution in [0, 0.1) is 6.92 Å². The van der Waals surface area contributed by atoms with Crippen molar-refractivity contribution in [1.82, 2.24) is 9.97 Å². The minimum atomic E-state index is -1.01. The Labute approximate surface area is 99.8 Å². The second kappa shape index (κ2) is 4.58. The van der Waals surface area contributed by atoms with Gasteiger partial charge in [0, 0.05) is 11.1 Å². The van der Waals surface area contributed by atoms with Gasteiger partial charge in [-0.25, -0.2) is 14.8 Å². The molecule has 0 saturated carbocycles. The van der Waals surface area contributed by atoms with Gasteiger partial charge in [0.2, 0.25) is 0 Å². The van der Waals surface area contributed by atoms with Crippen LogP contribution in [0.2, 0.25) is 0 Å². The molecular weight excluding hydrogens is 246 g/mol. The van der Waals surface area contributed by atoms with E-state index in [1.165, 1.54) is 16.8 Å². The molecule has 5 nitrogen and oxygen atoms in total. The highest BCUT2D eigenvalue weighted by molar-refractivity contribution is 7.14. The quantitative estimate of drug-likeness (QED) is 0.876. The van der Waals surface area contributed by atoms with Crippen LogP contribution in [-0.2, 0) is 6.54 Å². The van der Waals surface area contributed by atoms with Gasteiger partial charge in [-0.05, 0) is 6.92 Å². The highest BCUT2D eigenvalue weighted by Crippen LogP contribution is 2.22. The number of rotatable bonds is 4. The van der Waals surface area contributed by atoms with Crippen LogP contribution in [0.1, 0.15) is 20.4 Å². The van der Waals surface area contributed by atoms with E-state index < -0.39 is 5.97 Å². The molecule has 0 aromatic carbocycles. The molecule has 0 aliphatic rings. The van der Waals surface area contributed by atoms with Crippen LogP contribution in [0.25, 0.3) is 0 Å². The Balaban J connectivity index is 2.04. The van der Waals surface area contributed by atoms with Crippen LogP contribution < -0.4 is 5.32 Å². The largest absolute Gasteiger partial charge is 0.476 e. The van der Waals surface area contributed by atoms with E-state index in [4.69, 9.17) is 5.11 Å². The van der Waals surface area contributed by atoms with Crippen molar-refractivity contribution in [3.05, 3.63) is 27.3 Å². The highest BCUT2D eigenvalue weighted by Gasteiger charge is 2.13. The predicted molar refractivity (Wildman–Crippen MR) is 63.3 cm³/mol. The number of carbonyl (C=O) groups is 1. The number of thiazole rings is 2. The summed E-state index contributed by atoms with van der Waals surface area (Å²) in [5.74, 6) is -1.01. The van der Waals surface area contributed by atoms with Crippen LogP contribution in [0.3, 0.4) is 0 Å². The number of aromatic nitrogens is 2. The summed E-state index contributed by atoms with van der Waals surface area (Å²) in [5.41, 5.74) is 1.59. The van der Waals surface area contributed by atoms with Gasteiger partial charge in [0.15, 0.2) is 5.69 Å². The fraction of sp³-hybridized carbons (Fsp3) is 0.222. The lowest BCUT2D eigenvalue weighted by Gasteiger charge is -2.01. The van der Waals surface area contributed by atoms with Gasteiger partial charge in [0.05, 0.1) is 17.1 Å². The highest BCUT2D eigenvalue weighted by atomic mass is 32.1. The summed E-state index contributed by atoms with van der Waals surface area (Å²) in [6.07, 6.45) is 1.79. The maximum Gasteiger partial charge on any atom is 0.357 e. The first-order chi connectivity index (χ1) is 7.66. The summed E-state index contributed by atoms with van der Waals surface area (Å²) < 4.78 is 0. The third-order valence-electron chi connectivity index (χ3n) is 1.86. The number of aryl methyl sites for hydroxylation is 1. The zero-order chi connectivity index (χ0) is 11.5. The van der Waals surface area contributed by atoms with Crippen molar-refractivity contribution in [3.63, 3.8) is 0 Å². The first-order valence-corrected chi connectivity index (χ1v) is 6.18. The molecule has 0 unspecified atom stereocenters. The van der Waals surface area contributed by atoms with Crippen LogP contribution >= 0.6 is 22.7 Å². The molecule has 2 N–H and O–H groups in total. The zero-order valence-corrected chi connectivity index (χ0v) is 10.1. The van der Waals surface area contributed by atoms with Crippen molar-refractivity contribution in [2.75, 3.05) is 5.32 Å². The molecule has 7 heteroatoms. The maximum absolute atomic E-state index is 10.8. The first kappa shape index (κ1) is 11.0. The monoisotopic (exact) mass is 255 g/mol. The Kier molecular flexibility index (Phi) is 3.16. The lowest BCUT2D eigenvalue weighted by molar-refractivity contribution is 0.0692. The molecular formula is C9H9N3O2S2. The van der Waals surface area contributed by atoms with E-state index >= 15 is 0 Å². The Bertz CT molecular complexity index is 506.